The third-order valence-corrected chi connectivity index (χ3v) is 13.4. The van der Waals surface area contributed by atoms with Crippen molar-refractivity contribution in [3.8, 4) is 0 Å². The van der Waals surface area contributed by atoms with E-state index in [-0.39, 0.29) is 46.1 Å². The summed E-state index contributed by atoms with van der Waals surface area (Å²) in [6.07, 6.45) is 10.0. The van der Waals surface area contributed by atoms with Gasteiger partial charge in [-0.2, -0.15) is 0 Å². The molecule has 0 aromatic heterocycles. The standard InChI is InChI=1S/C32H54O5/c1-28(2)24-11-10-22-21(30(24,5)15-14-25(28)33)13-17-31(6)20(12-16-32(22,31)7)19-18-23(37-27(19)35-8)26(34)29(3,4)36-9/h10,19-21,23-27,33-34H,11-18H2,1-9H3/t19-,20+,21+,23-,24+,25-,26+,27+,30-,31-,32+/m1/s1. The molecule has 5 nitrogen and oxygen atoms in total. The Kier molecular flexibility index (Phi) is 6.85. The predicted octanol–water partition coefficient (Wildman–Crippen LogP) is 6.12. The summed E-state index contributed by atoms with van der Waals surface area (Å²) in [6.45, 7) is 16.1. The third-order valence-electron chi connectivity index (χ3n) is 13.4. The molecular weight excluding hydrogens is 464 g/mol. The molecule has 1 saturated heterocycles. The van der Waals surface area contributed by atoms with Gasteiger partial charge in [-0.25, -0.2) is 0 Å². The van der Waals surface area contributed by atoms with Crippen LogP contribution >= 0.6 is 0 Å². The summed E-state index contributed by atoms with van der Waals surface area (Å²) < 4.78 is 17.9. The maximum Gasteiger partial charge on any atom is 0.160 e. The summed E-state index contributed by atoms with van der Waals surface area (Å²) in [5, 5.41) is 22.0. The van der Waals surface area contributed by atoms with E-state index in [0.717, 1.165) is 25.7 Å². The average Bonchev–Trinajstić information content (AvgIpc) is 3.39. The fraction of sp³-hybridized carbons (Fsp3) is 0.938. The molecule has 3 saturated carbocycles. The zero-order valence-corrected chi connectivity index (χ0v) is 25.0. The van der Waals surface area contributed by atoms with Gasteiger partial charge in [-0.05, 0) is 105 Å². The summed E-state index contributed by atoms with van der Waals surface area (Å²) in [7, 11) is 3.41. The largest absolute Gasteiger partial charge is 0.393 e. The van der Waals surface area contributed by atoms with Crippen molar-refractivity contribution in [1.29, 1.82) is 0 Å². The van der Waals surface area contributed by atoms with Gasteiger partial charge in [0.2, 0.25) is 0 Å². The molecule has 0 radical (unpaired) electrons. The molecule has 0 spiro atoms. The van der Waals surface area contributed by atoms with Crippen LogP contribution in [0, 0.1) is 45.3 Å². The molecule has 0 aromatic rings. The fourth-order valence-electron chi connectivity index (χ4n) is 10.5. The van der Waals surface area contributed by atoms with Gasteiger partial charge in [0.15, 0.2) is 6.29 Å². The number of fused-ring (bicyclic) bond motifs is 5. The molecular formula is C32H54O5. The molecule has 0 unspecified atom stereocenters. The first kappa shape index (κ1) is 28.1. The van der Waals surface area contributed by atoms with Gasteiger partial charge >= 0.3 is 0 Å². The third kappa shape index (κ3) is 3.80. The molecule has 5 heteroatoms. The Balaban J connectivity index is 1.44. The Hall–Kier alpha value is -0.460. The first-order valence-corrected chi connectivity index (χ1v) is 15.0. The van der Waals surface area contributed by atoms with Crippen LogP contribution in [0.15, 0.2) is 11.6 Å². The lowest BCUT2D eigenvalue weighted by Crippen LogP contribution is -2.58. The molecule has 1 aliphatic heterocycles. The Labute approximate surface area is 225 Å². The number of aliphatic hydroxyl groups is 2. The normalized spacial score (nSPS) is 50.1. The second-order valence-electron chi connectivity index (χ2n) is 15.2. The number of aliphatic hydroxyl groups excluding tert-OH is 2. The monoisotopic (exact) mass is 518 g/mol. The van der Waals surface area contributed by atoms with Crippen molar-refractivity contribution < 1.29 is 24.4 Å². The highest BCUT2D eigenvalue weighted by Gasteiger charge is 2.66. The number of allylic oxidation sites excluding steroid dienone is 2. The SMILES string of the molecule is CO[C@H]1O[C@@H]([C@H](O)C(C)(C)OC)C[C@@H]1[C@@H]1CC[C@@]2(C)C3=CC[C@H]4C(C)(C)[C@H](O)CC[C@]4(C)[C@H]3CC[C@]12C. The van der Waals surface area contributed by atoms with Crippen molar-refractivity contribution in [2.75, 3.05) is 14.2 Å². The number of ether oxygens (including phenoxy) is 3. The van der Waals surface area contributed by atoms with E-state index in [0.29, 0.717) is 17.8 Å². The Morgan fingerprint density at radius 1 is 1.03 bits per heavy atom. The lowest BCUT2D eigenvalue weighted by molar-refractivity contribution is -0.189. The van der Waals surface area contributed by atoms with E-state index in [1.165, 1.54) is 25.7 Å². The molecule has 4 aliphatic carbocycles. The molecule has 0 amide bonds. The minimum atomic E-state index is -0.695. The van der Waals surface area contributed by atoms with Gasteiger partial charge in [-0.15, -0.1) is 0 Å². The van der Waals surface area contributed by atoms with Crippen molar-refractivity contribution in [3.63, 3.8) is 0 Å². The van der Waals surface area contributed by atoms with Gasteiger partial charge in [0.25, 0.3) is 0 Å². The van der Waals surface area contributed by atoms with E-state index in [1.807, 2.05) is 13.8 Å². The Morgan fingerprint density at radius 2 is 1.73 bits per heavy atom. The number of hydrogen-bond donors (Lipinski definition) is 2. The van der Waals surface area contributed by atoms with Crippen LogP contribution in [0.3, 0.4) is 0 Å². The first-order chi connectivity index (χ1) is 17.2. The topological polar surface area (TPSA) is 68.2 Å². The summed E-state index contributed by atoms with van der Waals surface area (Å²) in [6, 6.07) is 0. The summed E-state index contributed by atoms with van der Waals surface area (Å²) >= 11 is 0. The maximum absolute atomic E-state index is 11.1. The van der Waals surface area contributed by atoms with Gasteiger partial charge in [-0.1, -0.05) is 46.3 Å². The van der Waals surface area contributed by atoms with E-state index in [9.17, 15) is 10.2 Å². The quantitative estimate of drug-likeness (QED) is 0.430. The molecule has 0 aromatic carbocycles. The summed E-state index contributed by atoms with van der Waals surface area (Å²) in [5.41, 5.74) is 1.65. The van der Waals surface area contributed by atoms with Crippen molar-refractivity contribution in [2.24, 2.45) is 45.3 Å². The van der Waals surface area contributed by atoms with E-state index in [4.69, 9.17) is 14.2 Å². The molecule has 11 atom stereocenters. The van der Waals surface area contributed by atoms with Gasteiger partial charge < -0.3 is 24.4 Å². The van der Waals surface area contributed by atoms with Gasteiger partial charge in [0.1, 0.15) is 6.10 Å². The molecule has 5 aliphatic rings. The molecule has 5 rings (SSSR count). The lowest BCUT2D eigenvalue weighted by Gasteiger charge is -2.64. The highest BCUT2D eigenvalue weighted by molar-refractivity contribution is 5.33. The van der Waals surface area contributed by atoms with Crippen LogP contribution in [0.25, 0.3) is 0 Å². The van der Waals surface area contributed by atoms with E-state index < -0.39 is 11.7 Å². The van der Waals surface area contributed by atoms with Gasteiger partial charge in [-0.3, -0.25) is 0 Å². The van der Waals surface area contributed by atoms with Gasteiger partial charge in [0.05, 0.1) is 17.8 Å². The highest BCUT2D eigenvalue weighted by atomic mass is 16.7. The minimum Gasteiger partial charge on any atom is -0.393 e. The van der Waals surface area contributed by atoms with Crippen molar-refractivity contribution >= 4 is 0 Å². The van der Waals surface area contributed by atoms with Crippen molar-refractivity contribution in [2.45, 2.75) is 130 Å². The van der Waals surface area contributed by atoms with Crippen LogP contribution in [-0.2, 0) is 14.2 Å². The minimum absolute atomic E-state index is 0.0341. The highest BCUT2D eigenvalue weighted by Crippen LogP contribution is 2.73. The fourth-order valence-corrected chi connectivity index (χ4v) is 10.5. The summed E-state index contributed by atoms with van der Waals surface area (Å²) in [4.78, 5) is 0. The van der Waals surface area contributed by atoms with Crippen molar-refractivity contribution in [1.82, 2.24) is 0 Å². The predicted molar refractivity (Wildman–Crippen MR) is 146 cm³/mol. The molecule has 4 fully saturated rings. The molecule has 212 valence electrons. The number of hydrogen-bond acceptors (Lipinski definition) is 5. The average molecular weight is 519 g/mol. The number of rotatable bonds is 5. The molecule has 1 heterocycles. The lowest BCUT2D eigenvalue weighted by atomic mass is 9.41. The van der Waals surface area contributed by atoms with Crippen LogP contribution < -0.4 is 0 Å². The Bertz CT molecular complexity index is 911. The maximum atomic E-state index is 11.1. The van der Waals surface area contributed by atoms with E-state index in [2.05, 4.69) is 40.7 Å². The zero-order valence-electron chi connectivity index (χ0n) is 25.0. The van der Waals surface area contributed by atoms with Gasteiger partial charge in [0, 0.05) is 20.1 Å². The van der Waals surface area contributed by atoms with Crippen LogP contribution in [0.2, 0.25) is 0 Å². The molecule has 37 heavy (non-hydrogen) atoms. The molecule has 2 N–H and O–H groups in total. The van der Waals surface area contributed by atoms with E-state index in [1.54, 1.807) is 19.8 Å². The first-order valence-electron chi connectivity index (χ1n) is 15.0. The van der Waals surface area contributed by atoms with Crippen LogP contribution in [0.1, 0.15) is 99.8 Å². The molecule has 0 bridgehead atoms. The second-order valence-corrected chi connectivity index (χ2v) is 15.2. The number of methoxy groups -OCH3 is 2. The van der Waals surface area contributed by atoms with Crippen LogP contribution in [0.4, 0.5) is 0 Å². The van der Waals surface area contributed by atoms with E-state index >= 15 is 0 Å². The second kappa shape index (κ2) is 9.03. The zero-order chi connectivity index (χ0) is 27.2. The van der Waals surface area contributed by atoms with Crippen LogP contribution in [-0.4, -0.2) is 54.6 Å². The summed E-state index contributed by atoms with van der Waals surface area (Å²) in [5.74, 6) is 1.93. The van der Waals surface area contributed by atoms with Crippen LogP contribution in [0.5, 0.6) is 0 Å². The van der Waals surface area contributed by atoms with Crippen molar-refractivity contribution in [3.05, 3.63) is 11.6 Å². The Morgan fingerprint density at radius 3 is 2.38 bits per heavy atom. The smallest absolute Gasteiger partial charge is 0.160 e.